The van der Waals surface area contributed by atoms with Crippen LogP contribution in [0, 0.1) is 11.6 Å². The second kappa shape index (κ2) is 7.22. The molecule has 5 rings (SSSR count). The van der Waals surface area contributed by atoms with Crippen LogP contribution in [0.15, 0.2) is 73.1 Å². The molecule has 3 heterocycles. The number of hydrogen-bond donors (Lipinski definition) is 1. The van der Waals surface area contributed by atoms with Crippen molar-refractivity contribution in [2.24, 2.45) is 0 Å². The third kappa shape index (κ3) is 3.06. The van der Waals surface area contributed by atoms with Crippen molar-refractivity contribution < 1.29 is 8.78 Å². The van der Waals surface area contributed by atoms with E-state index in [0.29, 0.717) is 5.69 Å². The molecule has 0 aliphatic heterocycles. The number of aromatic nitrogens is 4. The van der Waals surface area contributed by atoms with E-state index in [1.807, 2.05) is 48.0 Å². The lowest BCUT2D eigenvalue weighted by Gasteiger charge is -2.04. The highest BCUT2D eigenvalue weighted by Gasteiger charge is 2.15. The number of aromatic amines is 1. The van der Waals surface area contributed by atoms with Gasteiger partial charge >= 0.3 is 0 Å². The Morgan fingerprint density at radius 2 is 1.67 bits per heavy atom. The predicted molar refractivity (Wildman–Crippen MR) is 114 cm³/mol. The molecule has 0 amide bonds. The summed E-state index contributed by atoms with van der Waals surface area (Å²) < 4.78 is 30.3. The summed E-state index contributed by atoms with van der Waals surface area (Å²) in [4.78, 5) is 7.18. The van der Waals surface area contributed by atoms with Crippen molar-refractivity contribution in [3.63, 3.8) is 0 Å². The average Bonchev–Trinajstić information content (AvgIpc) is 3.38. The minimum Gasteiger partial charge on any atom is -0.354 e. The second-order valence-electron chi connectivity index (χ2n) is 7.05. The third-order valence-electron chi connectivity index (χ3n) is 5.20. The quantitative estimate of drug-likeness (QED) is 0.399. The number of aryl methyl sites for hydroxylation is 1. The first kappa shape index (κ1) is 18.2. The van der Waals surface area contributed by atoms with Gasteiger partial charge in [0.2, 0.25) is 0 Å². The van der Waals surface area contributed by atoms with Gasteiger partial charge in [-0.1, -0.05) is 12.1 Å². The summed E-state index contributed by atoms with van der Waals surface area (Å²) in [7, 11) is 0. The van der Waals surface area contributed by atoms with Crippen molar-refractivity contribution in [2.45, 2.75) is 13.5 Å². The van der Waals surface area contributed by atoms with Crippen LogP contribution in [0.2, 0.25) is 0 Å². The van der Waals surface area contributed by atoms with Crippen LogP contribution in [0.5, 0.6) is 0 Å². The molecular formula is C24H18F2N4. The summed E-state index contributed by atoms with van der Waals surface area (Å²) in [6.45, 7) is 2.76. The van der Waals surface area contributed by atoms with E-state index in [2.05, 4.69) is 9.97 Å². The van der Waals surface area contributed by atoms with Crippen LogP contribution in [0.1, 0.15) is 6.92 Å². The molecule has 0 aliphatic carbocycles. The zero-order chi connectivity index (χ0) is 20.7. The highest BCUT2D eigenvalue weighted by Crippen LogP contribution is 2.32. The summed E-state index contributed by atoms with van der Waals surface area (Å²) in [6, 6.07) is 17.5. The summed E-state index contributed by atoms with van der Waals surface area (Å²) in [6.07, 6.45) is 3.49. The van der Waals surface area contributed by atoms with Crippen molar-refractivity contribution in [3.05, 3.63) is 84.7 Å². The summed E-state index contributed by atoms with van der Waals surface area (Å²) in [5.41, 5.74) is 5.01. The summed E-state index contributed by atoms with van der Waals surface area (Å²) in [5, 5.41) is 5.59. The molecule has 6 heteroatoms. The molecule has 0 aliphatic rings. The van der Waals surface area contributed by atoms with Crippen LogP contribution in [-0.4, -0.2) is 19.7 Å². The van der Waals surface area contributed by atoms with E-state index in [-0.39, 0.29) is 5.56 Å². The van der Waals surface area contributed by atoms with E-state index >= 15 is 0 Å². The zero-order valence-electron chi connectivity index (χ0n) is 16.2. The van der Waals surface area contributed by atoms with Gasteiger partial charge in [0.15, 0.2) is 0 Å². The van der Waals surface area contributed by atoms with Gasteiger partial charge in [-0.2, -0.15) is 5.10 Å². The Hall–Kier alpha value is -3.80. The van der Waals surface area contributed by atoms with Crippen LogP contribution in [-0.2, 0) is 6.54 Å². The molecule has 0 saturated carbocycles. The largest absolute Gasteiger partial charge is 0.354 e. The number of nitrogens with one attached hydrogen (secondary N) is 1. The number of nitrogens with zero attached hydrogens (tertiary/aromatic N) is 3. The number of fused-ring (bicyclic) bond motifs is 1. The lowest BCUT2D eigenvalue weighted by Crippen LogP contribution is -1.99. The zero-order valence-corrected chi connectivity index (χ0v) is 16.2. The minimum atomic E-state index is -0.590. The molecule has 3 aromatic heterocycles. The fourth-order valence-electron chi connectivity index (χ4n) is 3.74. The molecule has 0 spiro atoms. The molecule has 0 radical (unpaired) electrons. The molecule has 0 fully saturated rings. The first-order valence-corrected chi connectivity index (χ1v) is 9.70. The Morgan fingerprint density at radius 3 is 2.40 bits per heavy atom. The monoisotopic (exact) mass is 400 g/mol. The lowest BCUT2D eigenvalue weighted by atomic mass is 10.1. The number of H-pyrrole nitrogens is 1. The first-order valence-electron chi connectivity index (χ1n) is 9.70. The van der Waals surface area contributed by atoms with Crippen LogP contribution in [0.4, 0.5) is 8.78 Å². The van der Waals surface area contributed by atoms with Crippen LogP contribution in [0.3, 0.4) is 0 Å². The standard InChI is InChI=1S/C24H18F2N4/c1-2-30-23(14-21(29-30)15-8-10-27-11-9-15)16-6-7-20-17(12-16)13-22(28-20)24-18(25)4-3-5-19(24)26/h3-14,28H,2H2,1H3. The van der Waals surface area contributed by atoms with Gasteiger partial charge in [0.05, 0.1) is 22.6 Å². The molecule has 1 N–H and O–H groups in total. The van der Waals surface area contributed by atoms with Crippen LogP contribution < -0.4 is 0 Å². The van der Waals surface area contributed by atoms with Crippen LogP contribution >= 0.6 is 0 Å². The Kier molecular flexibility index (Phi) is 4.39. The molecule has 4 nitrogen and oxygen atoms in total. The maximum absolute atomic E-state index is 14.2. The normalized spacial score (nSPS) is 11.3. The van der Waals surface area contributed by atoms with E-state index in [1.165, 1.54) is 18.2 Å². The fraction of sp³-hybridized carbons (Fsp3) is 0.0833. The Labute approximate surface area is 171 Å². The third-order valence-corrected chi connectivity index (χ3v) is 5.20. The molecule has 0 atom stereocenters. The van der Waals surface area contributed by atoms with Gasteiger partial charge in [-0.25, -0.2) is 8.78 Å². The smallest absolute Gasteiger partial charge is 0.135 e. The predicted octanol–water partition coefficient (Wildman–Crippen LogP) is 6.06. The molecular weight excluding hydrogens is 382 g/mol. The highest BCUT2D eigenvalue weighted by molar-refractivity contribution is 5.89. The van der Waals surface area contributed by atoms with Gasteiger partial charge in [0.1, 0.15) is 11.6 Å². The number of rotatable bonds is 4. The Bertz CT molecular complexity index is 1330. The van der Waals surface area contributed by atoms with Crippen molar-refractivity contribution in [2.75, 3.05) is 0 Å². The van der Waals surface area contributed by atoms with E-state index in [4.69, 9.17) is 5.10 Å². The van der Waals surface area contributed by atoms with Gasteiger partial charge in [0, 0.05) is 41.0 Å². The maximum atomic E-state index is 14.2. The second-order valence-corrected chi connectivity index (χ2v) is 7.05. The van der Waals surface area contributed by atoms with Gasteiger partial charge < -0.3 is 4.98 Å². The molecule has 148 valence electrons. The summed E-state index contributed by atoms with van der Waals surface area (Å²) >= 11 is 0. The molecule has 0 unspecified atom stereocenters. The minimum absolute atomic E-state index is 0.0474. The van der Waals surface area contributed by atoms with Crippen molar-refractivity contribution in [3.8, 4) is 33.8 Å². The molecule has 2 aromatic carbocycles. The molecule has 0 bridgehead atoms. The van der Waals surface area contributed by atoms with E-state index in [9.17, 15) is 8.78 Å². The number of hydrogen-bond acceptors (Lipinski definition) is 2. The number of pyridine rings is 1. The van der Waals surface area contributed by atoms with E-state index in [0.717, 1.165) is 40.0 Å². The fourth-order valence-corrected chi connectivity index (χ4v) is 3.74. The molecule has 5 aromatic rings. The van der Waals surface area contributed by atoms with E-state index < -0.39 is 11.6 Å². The Balaban J connectivity index is 1.60. The topological polar surface area (TPSA) is 46.5 Å². The number of benzene rings is 2. The van der Waals surface area contributed by atoms with Gasteiger partial charge in [-0.3, -0.25) is 9.67 Å². The number of halogens is 2. The SMILES string of the molecule is CCn1nc(-c2ccncc2)cc1-c1ccc2[nH]c(-c3c(F)cccc3F)cc2c1. The van der Waals surface area contributed by atoms with Crippen molar-refractivity contribution in [1.82, 2.24) is 19.7 Å². The first-order chi connectivity index (χ1) is 14.6. The average molecular weight is 400 g/mol. The van der Waals surface area contributed by atoms with Gasteiger partial charge in [-0.05, 0) is 55.5 Å². The van der Waals surface area contributed by atoms with Gasteiger partial charge in [-0.15, -0.1) is 0 Å². The van der Waals surface area contributed by atoms with Crippen molar-refractivity contribution in [1.29, 1.82) is 0 Å². The van der Waals surface area contributed by atoms with Gasteiger partial charge in [0.25, 0.3) is 0 Å². The highest BCUT2D eigenvalue weighted by atomic mass is 19.1. The molecule has 0 saturated heterocycles. The summed E-state index contributed by atoms with van der Waals surface area (Å²) in [5.74, 6) is -1.18. The van der Waals surface area contributed by atoms with Crippen LogP contribution in [0.25, 0.3) is 44.7 Å². The molecule has 30 heavy (non-hydrogen) atoms. The van der Waals surface area contributed by atoms with E-state index in [1.54, 1.807) is 18.5 Å². The van der Waals surface area contributed by atoms with Crippen molar-refractivity contribution >= 4 is 10.9 Å². The Morgan fingerprint density at radius 1 is 0.900 bits per heavy atom. The maximum Gasteiger partial charge on any atom is 0.135 e. The lowest BCUT2D eigenvalue weighted by molar-refractivity contribution is 0.589.